The van der Waals surface area contributed by atoms with E-state index in [2.05, 4.69) is 0 Å². The number of benzene rings is 1. The monoisotopic (exact) mass is 330 g/mol. The third kappa shape index (κ3) is 3.10. The normalized spacial score (nSPS) is 10.7. The molecule has 0 unspecified atom stereocenters. The molecule has 128 valence electrons. The Balaban J connectivity index is 2.40. The molecule has 0 aliphatic rings. The Morgan fingerprint density at radius 3 is 2.17 bits per heavy atom. The minimum atomic E-state index is -0.672. The average Bonchev–Trinajstić information content (AvgIpc) is 2.50. The van der Waals surface area contributed by atoms with Crippen molar-refractivity contribution < 1.29 is 4.79 Å². The van der Waals surface area contributed by atoms with Crippen molar-refractivity contribution in [2.75, 3.05) is 24.2 Å². The fourth-order valence-electron chi connectivity index (χ4n) is 2.68. The summed E-state index contributed by atoms with van der Waals surface area (Å²) >= 11 is 0. The van der Waals surface area contributed by atoms with Crippen LogP contribution in [0.1, 0.15) is 21.5 Å². The van der Waals surface area contributed by atoms with Gasteiger partial charge in [0.1, 0.15) is 11.4 Å². The maximum absolute atomic E-state index is 12.6. The Morgan fingerprint density at radius 2 is 1.62 bits per heavy atom. The second kappa shape index (κ2) is 6.35. The van der Waals surface area contributed by atoms with Gasteiger partial charge in [-0.05, 0) is 37.1 Å². The summed E-state index contributed by atoms with van der Waals surface area (Å²) in [6.07, 6.45) is 0. The predicted molar refractivity (Wildman–Crippen MR) is 94.9 cm³/mol. The molecule has 1 heterocycles. The Labute approximate surface area is 139 Å². The Bertz CT molecular complexity index is 904. The van der Waals surface area contributed by atoms with E-state index in [0.29, 0.717) is 0 Å². The molecular formula is C17H22N4O3. The number of ketones is 1. The molecule has 0 spiro atoms. The molecule has 0 saturated heterocycles. The number of aromatic nitrogens is 2. The first-order chi connectivity index (χ1) is 11.1. The second-order valence-electron chi connectivity index (χ2n) is 6.09. The molecule has 0 saturated carbocycles. The first-order valence-electron chi connectivity index (χ1n) is 7.51. The lowest BCUT2D eigenvalue weighted by atomic mass is 10.1. The number of nitrogen functional groups attached to an aromatic ring is 1. The summed E-state index contributed by atoms with van der Waals surface area (Å²) in [6, 6.07) is 5.96. The number of Topliss-reactive ketones (excluding diaryl/α,β-unsaturated/α-hetero) is 1. The maximum Gasteiger partial charge on any atom is 0.332 e. The van der Waals surface area contributed by atoms with Gasteiger partial charge < -0.3 is 10.6 Å². The lowest BCUT2D eigenvalue weighted by Gasteiger charge is -2.20. The van der Waals surface area contributed by atoms with E-state index in [1.165, 1.54) is 14.1 Å². The van der Waals surface area contributed by atoms with Gasteiger partial charge in [0.05, 0.1) is 6.54 Å². The van der Waals surface area contributed by atoms with Crippen molar-refractivity contribution in [2.24, 2.45) is 14.1 Å². The number of aryl methyl sites for hydroxylation is 2. The fraction of sp³-hybridized carbons (Fsp3) is 0.353. The summed E-state index contributed by atoms with van der Waals surface area (Å²) in [5, 5.41) is 0. The summed E-state index contributed by atoms with van der Waals surface area (Å²) in [5.41, 5.74) is 7.49. The summed E-state index contributed by atoms with van der Waals surface area (Å²) < 4.78 is 1.99. The van der Waals surface area contributed by atoms with Crippen LogP contribution < -0.4 is 21.9 Å². The summed E-state index contributed by atoms with van der Waals surface area (Å²) in [7, 11) is 4.53. The van der Waals surface area contributed by atoms with Crippen LogP contribution in [0.4, 0.5) is 11.5 Å². The molecule has 0 aliphatic heterocycles. The first kappa shape index (κ1) is 17.5. The van der Waals surface area contributed by atoms with E-state index in [1.807, 2.05) is 32.0 Å². The van der Waals surface area contributed by atoms with Crippen molar-refractivity contribution in [3.63, 3.8) is 0 Å². The molecule has 0 radical (unpaired) electrons. The van der Waals surface area contributed by atoms with Crippen LogP contribution in [0.3, 0.4) is 0 Å². The standard InChI is InChI=1S/C17H22N4O3/c1-10-6-11(2)8-12(7-10)19(3)9-13(22)14-15(18)20(4)17(24)21(5)16(14)23/h6-8H,9,18H2,1-5H3. The zero-order valence-corrected chi connectivity index (χ0v) is 14.6. The van der Waals surface area contributed by atoms with E-state index in [1.54, 1.807) is 11.9 Å². The lowest BCUT2D eigenvalue weighted by Crippen LogP contribution is -2.43. The molecule has 24 heavy (non-hydrogen) atoms. The number of likely N-dealkylation sites (N-methyl/N-ethyl adjacent to an activating group) is 1. The highest BCUT2D eigenvalue weighted by molar-refractivity contribution is 6.02. The molecule has 0 amide bonds. The van der Waals surface area contributed by atoms with Crippen LogP contribution in [0.25, 0.3) is 0 Å². The van der Waals surface area contributed by atoms with E-state index < -0.39 is 17.0 Å². The van der Waals surface area contributed by atoms with Crippen LogP contribution in [-0.4, -0.2) is 28.5 Å². The van der Waals surface area contributed by atoms with Crippen LogP contribution in [-0.2, 0) is 14.1 Å². The van der Waals surface area contributed by atoms with Crippen molar-refractivity contribution in [3.8, 4) is 0 Å². The number of anilines is 2. The smallest absolute Gasteiger partial charge is 0.332 e. The molecule has 7 heteroatoms. The zero-order chi connectivity index (χ0) is 18.2. The Kier molecular flexibility index (Phi) is 4.64. The van der Waals surface area contributed by atoms with Crippen molar-refractivity contribution >= 4 is 17.3 Å². The average molecular weight is 330 g/mol. The number of rotatable bonds is 4. The van der Waals surface area contributed by atoms with Gasteiger partial charge in [-0.3, -0.25) is 18.7 Å². The van der Waals surface area contributed by atoms with Gasteiger partial charge in [0.15, 0.2) is 5.78 Å². The number of carbonyl (C=O) groups excluding carboxylic acids is 1. The van der Waals surface area contributed by atoms with E-state index in [0.717, 1.165) is 25.9 Å². The zero-order valence-electron chi connectivity index (χ0n) is 14.6. The van der Waals surface area contributed by atoms with Gasteiger partial charge in [-0.2, -0.15) is 0 Å². The Hall–Kier alpha value is -2.83. The number of nitrogens with two attached hydrogens (primary N) is 1. The van der Waals surface area contributed by atoms with Crippen LogP contribution in [0.5, 0.6) is 0 Å². The van der Waals surface area contributed by atoms with Gasteiger partial charge >= 0.3 is 5.69 Å². The van der Waals surface area contributed by atoms with E-state index >= 15 is 0 Å². The Morgan fingerprint density at radius 1 is 1.08 bits per heavy atom. The largest absolute Gasteiger partial charge is 0.384 e. The highest BCUT2D eigenvalue weighted by atomic mass is 16.2. The number of carbonyl (C=O) groups is 1. The van der Waals surface area contributed by atoms with Gasteiger partial charge in [0.2, 0.25) is 0 Å². The molecule has 2 N–H and O–H groups in total. The third-order valence-electron chi connectivity index (χ3n) is 4.02. The quantitative estimate of drug-likeness (QED) is 0.829. The molecule has 2 aromatic rings. The van der Waals surface area contributed by atoms with Crippen LogP contribution in [0.15, 0.2) is 27.8 Å². The van der Waals surface area contributed by atoms with Gasteiger partial charge in [0.25, 0.3) is 5.56 Å². The highest BCUT2D eigenvalue weighted by Crippen LogP contribution is 2.18. The van der Waals surface area contributed by atoms with Gasteiger partial charge in [-0.15, -0.1) is 0 Å². The summed E-state index contributed by atoms with van der Waals surface area (Å²) in [4.78, 5) is 38.5. The van der Waals surface area contributed by atoms with Crippen LogP contribution in [0.2, 0.25) is 0 Å². The first-order valence-corrected chi connectivity index (χ1v) is 7.51. The van der Waals surface area contributed by atoms with Crippen molar-refractivity contribution in [3.05, 3.63) is 55.7 Å². The van der Waals surface area contributed by atoms with Crippen LogP contribution >= 0.6 is 0 Å². The van der Waals surface area contributed by atoms with Gasteiger partial charge in [-0.1, -0.05) is 6.07 Å². The molecule has 1 aromatic carbocycles. The summed E-state index contributed by atoms with van der Waals surface area (Å²) in [5.74, 6) is -0.535. The minimum Gasteiger partial charge on any atom is -0.384 e. The van der Waals surface area contributed by atoms with E-state index in [4.69, 9.17) is 5.73 Å². The van der Waals surface area contributed by atoms with E-state index in [9.17, 15) is 14.4 Å². The lowest BCUT2D eigenvalue weighted by molar-refractivity contribution is 0.0998. The number of nitrogens with zero attached hydrogens (tertiary/aromatic N) is 3. The molecule has 0 atom stereocenters. The molecule has 0 fully saturated rings. The summed E-state index contributed by atoms with van der Waals surface area (Å²) in [6.45, 7) is 3.94. The number of hydrogen-bond acceptors (Lipinski definition) is 5. The minimum absolute atomic E-state index is 0.0134. The topological polar surface area (TPSA) is 90.3 Å². The predicted octanol–water partition coefficient (Wildman–Crippen LogP) is 0.602. The van der Waals surface area contributed by atoms with E-state index in [-0.39, 0.29) is 17.9 Å². The molecule has 2 rings (SSSR count). The van der Waals surface area contributed by atoms with Crippen LogP contribution in [0, 0.1) is 13.8 Å². The second-order valence-corrected chi connectivity index (χ2v) is 6.09. The van der Waals surface area contributed by atoms with Crippen molar-refractivity contribution in [1.29, 1.82) is 0 Å². The SMILES string of the molecule is Cc1cc(C)cc(N(C)CC(=O)c2c(N)n(C)c(=O)n(C)c2=O)c1. The molecule has 7 nitrogen and oxygen atoms in total. The van der Waals surface area contributed by atoms with Gasteiger partial charge in [0, 0.05) is 26.8 Å². The van der Waals surface area contributed by atoms with Gasteiger partial charge in [-0.25, -0.2) is 4.79 Å². The number of hydrogen-bond donors (Lipinski definition) is 1. The molecular weight excluding hydrogens is 308 g/mol. The molecule has 1 aromatic heterocycles. The molecule has 0 aliphatic carbocycles. The highest BCUT2D eigenvalue weighted by Gasteiger charge is 2.21. The van der Waals surface area contributed by atoms with Crippen molar-refractivity contribution in [1.82, 2.24) is 9.13 Å². The fourth-order valence-corrected chi connectivity index (χ4v) is 2.68. The van der Waals surface area contributed by atoms with Crippen molar-refractivity contribution in [2.45, 2.75) is 13.8 Å². The maximum atomic E-state index is 12.6. The molecule has 0 bridgehead atoms. The third-order valence-corrected chi connectivity index (χ3v) is 4.02.